The lowest BCUT2D eigenvalue weighted by Crippen LogP contribution is -2.53. The van der Waals surface area contributed by atoms with Gasteiger partial charge in [-0.05, 0) is 83.2 Å². The molecular formula is C49H40Si. The van der Waals surface area contributed by atoms with E-state index >= 15 is 0 Å². The lowest BCUT2D eigenvalue weighted by molar-refractivity contribution is 0.661. The zero-order valence-electron chi connectivity index (χ0n) is 29.2. The Balaban J connectivity index is 1.20. The summed E-state index contributed by atoms with van der Waals surface area (Å²) in [4.78, 5) is 0. The van der Waals surface area contributed by atoms with E-state index in [9.17, 15) is 0 Å². The van der Waals surface area contributed by atoms with Gasteiger partial charge in [-0.2, -0.15) is 0 Å². The first-order valence-corrected chi connectivity index (χ1v) is 20.8. The van der Waals surface area contributed by atoms with Gasteiger partial charge in [0.2, 0.25) is 0 Å². The van der Waals surface area contributed by atoms with Crippen molar-refractivity contribution in [3.8, 4) is 44.5 Å². The summed E-state index contributed by atoms with van der Waals surface area (Å²) < 4.78 is 0. The lowest BCUT2D eigenvalue weighted by atomic mass is 9.82. The van der Waals surface area contributed by atoms with Crippen molar-refractivity contribution in [2.24, 2.45) is 0 Å². The highest BCUT2D eigenvalue weighted by Gasteiger charge is 2.37. The maximum absolute atomic E-state index is 2.53. The van der Waals surface area contributed by atoms with Gasteiger partial charge in [0.15, 0.2) is 0 Å². The molecule has 1 heteroatoms. The van der Waals surface area contributed by atoms with Crippen LogP contribution in [-0.2, 0) is 5.41 Å². The van der Waals surface area contributed by atoms with E-state index in [0.29, 0.717) is 0 Å². The Bertz CT molecular complexity index is 2560. The number of rotatable bonds is 5. The Morgan fingerprint density at radius 1 is 0.360 bits per heavy atom. The maximum atomic E-state index is 2.53. The Labute approximate surface area is 296 Å². The van der Waals surface area contributed by atoms with E-state index in [1.54, 1.807) is 0 Å². The summed E-state index contributed by atoms with van der Waals surface area (Å²) in [6.45, 7) is 9.77. The zero-order valence-corrected chi connectivity index (χ0v) is 30.2. The van der Waals surface area contributed by atoms with Gasteiger partial charge in [0, 0.05) is 5.41 Å². The van der Waals surface area contributed by atoms with E-state index in [0.717, 1.165) is 0 Å². The molecule has 0 aromatic heterocycles. The molecule has 0 saturated carbocycles. The molecule has 1 aliphatic carbocycles. The molecule has 50 heavy (non-hydrogen) atoms. The number of hydrogen-bond acceptors (Lipinski definition) is 0. The van der Waals surface area contributed by atoms with Crippen LogP contribution in [0, 0.1) is 0 Å². The van der Waals surface area contributed by atoms with Gasteiger partial charge < -0.3 is 0 Å². The zero-order chi connectivity index (χ0) is 34.0. The summed E-state index contributed by atoms with van der Waals surface area (Å²) in [6, 6.07) is 63.5. The molecule has 240 valence electrons. The maximum Gasteiger partial charge on any atom is 0.112 e. The molecule has 8 aromatic carbocycles. The highest BCUT2D eigenvalue weighted by Crippen LogP contribution is 2.48. The highest BCUT2D eigenvalue weighted by molar-refractivity contribution is 7.00. The van der Waals surface area contributed by atoms with Crippen molar-refractivity contribution in [1.82, 2.24) is 0 Å². The van der Waals surface area contributed by atoms with Gasteiger partial charge in [0.05, 0.1) is 0 Å². The van der Waals surface area contributed by atoms with Gasteiger partial charge in [-0.1, -0.05) is 201 Å². The average molecular weight is 657 g/mol. The molecule has 0 fully saturated rings. The molecule has 0 aliphatic heterocycles. The molecule has 0 radical (unpaired) electrons. The summed E-state index contributed by atoms with van der Waals surface area (Å²) in [5.74, 6) is 0. The minimum atomic E-state index is -2.00. The molecule has 8 aromatic rings. The first-order valence-electron chi connectivity index (χ1n) is 17.8. The predicted octanol–water partition coefficient (Wildman–Crippen LogP) is 12.1. The molecule has 0 nitrogen and oxygen atoms in total. The fourth-order valence-electron chi connectivity index (χ4n) is 8.53. The standard InChI is InChI=1S/C49H40Si/c1-49(2)45-22-14-13-19-39(45)40-30-28-38(32-46(40)49)50(3,4)37-26-23-35(24-27-37)48-42-21-12-11-20-41(42)47(34-17-9-6-10-18-34)43-29-25-36(31-44(43)48)33-15-7-5-8-16-33/h5-32H,1-4H3. The van der Waals surface area contributed by atoms with Crippen LogP contribution in [0.25, 0.3) is 66.1 Å². The van der Waals surface area contributed by atoms with Crippen LogP contribution in [-0.4, -0.2) is 8.07 Å². The summed E-state index contributed by atoms with van der Waals surface area (Å²) in [5, 5.41) is 8.08. The number of benzene rings is 8. The quantitative estimate of drug-likeness (QED) is 0.128. The molecule has 0 heterocycles. The van der Waals surface area contributed by atoms with Gasteiger partial charge in [-0.25, -0.2) is 0 Å². The van der Waals surface area contributed by atoms with Gasteiger partial charge in [0.25, 0.3) is 0 Å². The Hall–Kier alpha value is -5.50. The van der Waals surface area contributed by atoms with Crippen LogP contribution in [0.5, 0.6) is 0 Å². The Morgan fingerprint density at radius 2 is 0.860 bits per heavy atom. The Kier molecular flexibility index (Phi) is 7.05. The minimum absolute atomic E-state index is 0.00288. The third-order valence-corrected chi connectivity index (χ3v) is 14.9. The Morgan fingerprint density at radius 3 is 1.56 bits per heavy atom. The normalized spacial score (nSPS) is 13.4. The molecule has 0 atom stereocenters. The van der Waals surface area contributed by atoms with Crippen LogP contribution in [0.3, 0.4) is 0 Å². The largest absolute Gasteiger partial charge is 0.112 e. The molecule has 0 saturated heterocycles. The molecule has 0 bridgehead atoms. The van der Waals surface area contributed by atoms with Gasteiger partial charge in [0.1, 0.15) is 8.07 Å². The summed E-state index contributed by atoms with van der Waals surface area (Å²) in [6.07, 6.45) is 0. The van der Waals surface area contributed by atoms with Gasteiger partial charge in [-0.3, -0.25) is 0 Å². The second-order valence-electron chi connectivity index (χ2n) is 14.9. The van der Waals surface area contributed by atoms with E-state index in [4.69, 9.17) is 0 Å². The van der Waals surface area contributed by atoms with Crippen LogP contribution in [0.2, 0.25) is 13.1 Å². The highest BCUT2D eigenvalue weighted by atomic mass is 28.3. The van der Waals surface area contributed by atoms with E-state index in [2.05, 4.69) is 197 Å². The second-order valence-corrected chi connectivity index (χ2v) is 19.3. The van der Waals surface area contributed by atoms with Crippen LogP contribution in [0.4, 0.5) is 0 Å². The first-order chi connectivity index (χ1) is 24.3. The molecule has 9 rings (SSSR count). The fraction of sp³-hybridized carbons (Fsp3) is 0.102. The van der Waals surface area contributed by atoms with Gasteiger partial charge >= 0.3 is 0 Å². The van der Waals surface area contributed by atoms with Crippen LogP contribution in [0.15, 0.2) is 170 Å². The van der Waals surface area contributed by atoms with E-state index < -0.39 is 8.07 Å². The topological polar surface area (TPSA) is 0 Å². The summed E-state index contributed by atoms with van der Waals surface area (Å²) in [5.41, 5.74) is 13.2. The van der Waals surface area contributed by atoms with Crippen molar-refractivity contribution < 1.29 is 0 Å². The molecule has 0 amide bonds. The number of fused-ring (bicyclic) bond motifs is 5. The molecule has 1 aliphatic rings. The van der Waals surface area contributed by atoms with Crippen molar-refractivity contribution >= 4 is 40.0 Å². The second kappa shape index (κ2) is 11.5. The van der Waals surface area contributed by atoms with Crippen molar-refractivity contribution in [3.05, 3.63) is 181 Å². The van der Waals surface area contributed by atoms with Crippen molar-refractivity contribution in [1.29, 1.82) is 0 Å². The first kappa shape index (κ1) is 30.5. The molecule has 0 unspecified atom stereocenters. The molecule has 0 spiro atoms. The summed E-state index contributed by atoms with van der Waals surface area (Å²) in [7, 11) is -2.00. The average Bonchev–Trinajstić information content (AvgIpc) is 3.40. The third kappa shape index (κ3) is 4.72. The predicted molar refractivity (Wildman–Crippen MR) is 219 cm³/mol. The lowest BCUT2D eigenvalue weighted by Gasteiger charge is -2.27. The SMILES string of the molecule is CC1(C)c2ccccc2-c2ccc([Si](C)(C)c3ccc(-c4c5ccccc5c(-c5ccccc5)c5ccc(-c6ccccc6)cc45)cc3)cc21. The van der Waals surface area contributed by atoms with E-state index in [-0.39, 0.29) is 5.41 Å². The monoisotopic (exact) mass is 656 g/mol. The van der Waals surface area contributed by atoms with Crippen molar-refractivity contribution in [3.63, 3.8) is 0 Å². The fourth-order valence-corrected chi connectivity index (χ4v) is 10.9. The van der Waals surface area contributed by atoms with Crippen LogP contribution in [0.1, 0.15) is 25.0 Å². The molecule has 0 N–H and O–H groups in total. The van der Waals surface area contributed by atoms with E-state index in [1.165, 1.54) is 87.6 Å². The van der Waals surface area contributed by atoms with Crippen molar-refractivity contribution in [2.75, 3.05) is 0 Å². The van der Waals surface area contributed by atoms with Gasteiger partial charge in [-0.15, -0.1) is 0 Å². The third-order valence-electron chi connectivity index (χ3n) is 11.4. The van der Waals surface area contributed by atoms with Crippen molar-refractivity contribution in [2.45, 2.75) is 32.4 Å². The van der Waals surface area contributed by atoms with E-state index in [1.807, 2.05) is 0 Å². The molecular weight excluding hydrogens is 617 g/mol. The van der Waals surface area contributed by atoms with Crippen LogP contribution >= 0.6 is 0 Å². The smallest absolute Gasteiger partial charge is 0.0622 e. The summed E-state index contributed by atoms with van der Waals surface area (Å²) >= 11 is 0. The minimum Gasteiger partial charge on any atom is -0.0622 e. The number of hydrogen-bond donors (Lipinski definition) is 0. The van der Waals surface area contributed by atoms with Crippen LogP contribution < -0.4 is 10.4 Å².